The first-order chi connectivity index (χ1) is 4.72. The fourth-order valence-corrected chi connectivity index (χ4v) is 1.31. The second kappa shape index (κ2) is 3.32. The van der Waals surface area contributed by atoms with Gasteiger partial charge >= 0.3 is 0 Å². The molecule has 0 aromatic carbocycles. The van der Waals surface area contributed by atoms with E-state index in [1.54, 1.807) is 0 Å². The van der Waals surface area contributed by atoms with Gasteiger partial charge in [-0.1, -0.05) is 0 Å². The van der Waals surface area contributed by atoms with Crippen molar-refractivity contribution in [2.75, 3.05) is 27.3 Å². The summed E-state index contributed by atoms with van der Waals surface area (Å²) < 4.78 is 5.09. The number of likely N-dealkylation sites (N-methyl/N-ethyl adjacent to an activating group) is 1. The summed E-state index contributed by atoms with van der Waals surface area (Å²) in [5.74, 6) is 0. The van der Waals surface area contributed by atoms with E-state index in [-0.39, 0.29) is 12.1 Å². The van der Waals surface area contributed by atoms with Gasteiger partial charge in [0.1, 0.15) is 0 Å². The maximum atomic E-state index is 9.37. The highest BCUT2D eigenvalue weighted by atomic mass is 16.5. The van der Waals surface area contributed by atoms with E-state index in [1.165, 1.54) is 0 Å². The molecule has 2 unspecified atom stereocenters. The minimum Gasteiger partial charge on any atom is -0.389 e. The Bertz CT molecular complexity index is 106. The Morgan fingerprint density at radius 3 is 2.60 bits per heavy atom. The van der Waals surface area contributed by atoms with Crippen molar-refractivity contribution in [1.29, 1.82) is 0 Å². The Morgan fingerprint density at radius 1 is 1.50 bits per heavy atom. The highest BCUT2D eigenvalue weighted by Gasteiger charge is 2.24. The van der Waals surface area contributed by atoms with Gasteiger partial charge in [-0.05, 0) is 20.5 Å². The number of hydrogen-bond acceptors (Lipinski definition) is 3. The highest BCUT2D eigenvalue weighted by molar-refractivity contribution is 4.78. The van der Waals surface area contributed by atoms with Crippen molar-refractivity contribution in [3.8, 4) is 0 Å². The van der Waals surface area contributed by atoms with E-state index in [0.29, 0.717) is 6.61 Å². The van der Waals surface area contributed by atoms with Crippen molar-refractivity contribution < 1.29 is 9.84 Å². The third-order valence-electron chi connectivity index (χ3n) is 1.95. The molecule has 1 aliphatic rings. The molecule has 0 amide bonds. The predicted molar refractivity (Wildman–Crippen MR) is 38.9 cm³/mol. The van der Waals surface area contributed by atoms with Gasteiger partial charge in [0.25, 0.3) is 0 Å². The summed E-state index contributed by atoms with van der Waals surface area (Å²) in [6.07, 6.45) is 0.637. The van der Waals surface area contributed by atoms with Gasteiger partial charge in [0.05, 0.1) is 12.7 Å². The van der Waals surface area contributed by atoms with Gasteiger partial charge in [-0.3, -0.25) is 0 Å². The van der Waals surface area contributed by atoms with Crippen LogP contribution in [0.15, 0.2) is 0 Å². The normalized spacial score (nSPS) is 34.8. The summed E-state index contributed by atoms with van der Waals surface area (Å²) in [5, 5.41) is 9.37. The molecule has 1 aliphatic heterocycles. The van der Waals surface area contributed by atoms with Gasteiger partial charge in [0.2, 0.25) is 0 Å². The first-order valence-electron chi connectivity index (χ1n) is 3.64. The SMILES string of the molecule is CN(C)C1CCOCC1O. The Hall–Kier alpha value is -0.120. The van der Waals surface area contributed by atoms with Gasteiger partial charge < -0.3 is 14.7 Å². The number of nitrogens with zero attached hydrogens (tertiary/aromatic N) is 1. The Morgan fingerprint density at radius 2 is 2.20 bits per heavy atom. The Labute approximate surface area is 61.6 Å². The van der Waals surface area contributed by atoms with Crippen LogP contribution in [0, 0.1) is 0 Å². The van der Waals surface area contributed by atoms with Crippen LogP contribution in [0.5, 0.6) is 0 Å². The number of rotatable bonds is 1. The molecule has 0 aliphatic carbocycles. The Balaban J connectivity index is 2.40. The summed E-state index contributed by atoms with van der Waals surface area (Å²) in [5.41, 5.74) is 0. The molecular formula is C7H15NO2. The molecule has 60 valence electrons. The predicted octanol–water partition coefficient (Wildman–Crippen LogP) is -0.302. The van der Waals surface area contributed by atoms with Crippen molar-refractivity contribution >= 4 is 0 Å². The Kier molecular flexibility index (Phi) is 2.65. The van der Waals surface area contributed by atoms with Gasteiger partial charge in [0, 0.05) is 12.6 Å². The van der Waals surface area contributed by atoms with E-state index in [2.05, 4.69) is 0 Å². The zero-order chi connectivity index (χ0) is 7.56. The van der Waals surface area contributed by atoms with Crippen LogP contribution in [0.4, 0.5) is 0 Å². The molecular weight excluding hydrogens is 130 g/mol. The van der Waals surface area contributed by atoms with E-state index in [0.717, 1.165) is 13.0 Å². The number of hydrogen-bond donors (Lipinski definition) is 1. The van der Waals surface area contributed by atoms with E-state index in [9.17, 15) is 5.11 Å². The van der Waals surface area contributed by atoms with Gasteiger partial charge in [0.15, 0.2) is 0 Å². The van der Waals surface area contributed by atoms with Gasteiger partial charge in [-0.15, -0.1) is 0 Å². The van der Waals surface area contributed by atoms with Crippen molar-refractivity contribution in [3.05, 3.63) is 0 Å². The lowest BCUT2D eigenvalue weighted by Crippen LogP contribution is -2.45. The first kappa shape index (κ1) is 7.98. The zero-order valence-corrected chi connectivity index (χ0v) is 6.58. The monoisotopic (exact) mass is 145 g/mol. The number of ether oxygens (including phenoxy) is 1. The molecule has 0 saturated carbocycles. The lowest BCUT2D eigenvalue weighted by Gasteiger charge is -2.32. The molecule has 0 bridgehead atoms. The molecule has 1 N–H and O–H groups in total. The third kappa shape index (κ3) is 1.68. The number of aliphatic hydroxyl groups is 1. The molecule has 10 heavy (non-hydrogen) atoms. The van der Waals surface area contributed by atoms with Crippen LogP contribution in [0.2, 0.25) is 0 Å². The number of aliphatic hydroxyl groups excluding tert-OH is 1. The van der Waals surface area contributed by atoms with Crippen molar-refractivity contribution in [3.63, 3.8) is 0 Å². The molecule has 0 aromatic rings. The summed E-state index contributed by atoms with van der Waals surface area (Å²) >= 11 is 0. The van der Waals surface area contributed by atoms with Crippen LogP contribution < -0.4 is 0 Å². The van der Waals surface area contributed by atoms with Crippen molar-refractivity contribution in [1.82, 2.24) is 4.90 Å². The summed E-state index contributed by atoms with van der Waals surface area (Å²) in [6, 6.07) is 0.286. The maximum absolute atomic E-state index is 9.37. The van der Waals surface area contributed by atoms with Crippen LogP contribution in [-0.4, -0.2) is 49.5 Å². The largest absolute Gasteiger partial charge is 0.389 e. The minimum absolute atomic E-state index is 0.286. The molecule has 1 saturated heterocycles. The van der Waals surface area contributed by atoms with E-state index < -0.39 is 0 Å². The van der Waals surface area contributed by atoms with Crippen LogP contribution in [0.25, 0.3) is 0 Å². The van der Waals surface area contributed by atoms with Crippen LogP contribution >= 0.6 is 0 Å². The molecule has 1 heterocycles. The quantitative estimate of drug-likeness (QED) is 0.550. The van der Waals surface area contributed by atoms with Gasteiger partial charge in [-0.2, -0.15) is 0 Å². The van der Waals surface area contributed by atoms with Crippen molar-refractivity contribution in [2.45, 2.75) is 18.6 Å². The van der Waals surface area contributed by atoms with Crippen LogP contribution in [0.3, 0.4) is 0 Å². The molecule has 2 atom stereocenters. The van der Waals surface area contributed by atoms with E-state index >= 15 is 0 Å². The average molecular weight is 145 g/mol. The van der Waals surface area contributed by atoms with Crippen molar-refractivity contribution in [2.24, 2.45) is 0 Å². The summed E-state index contributed by atoms with van der Waals surface area (Å²) in [4.78, 5) is 2.05. The maximum Gasteiger partial charge on any atom is 0.0928 e. The van der Waals surface area contributed by atoms with Crippen LogP contribution in [-0.2, 0) is 4.74 Å². The van der Waals surface area contributed by atoms with Gasteiger partial charge in [-0.25, -0.2) is 0 Å². The molecule has 0 aromatic heterocycles. The average Bonchev–Trinajstić information content (AvgIpc) is 1.88. The second-order valence-electron chi connectivity index (χ2n) is 2.96. The first-order valence-corrected chi connectivity index (χ1v) is 3.64. The summed E-state index contributed by atoms with van der Waals surface area (Å²) in [7, 11) is 3.97. The fraction of sp³-hybridized carbons (Fsp3) is 1.00. The van der Waals surface area contributed by atoms with Crippen LogP contribution in [0.1, 0.15) is 6.42 Å². The molecule has 1 fully saturated rings. The minimum atomic E-state index is -0.302. The third-order valence-corrected chi connectivity index (χ3v) is 1.95. The standard InChI is InChI=1S/C7H15NO2/c1-8(2)6-3-4-10-5-7(6)9/h6-7,9H,3-5H2,1-2H3. The molecule has 0 radical (unpaired) electrons. The topological polar surface area (TPSA) is 32.7 Å². The summed E-state index contributed by atoms with van der Waals surface area (Å²) in [6.45, 7) is 1.27. The molecule has 3 nitrogen and oxygen atoms in total. The smallest absolute Gasteiger partial charge is 0.0928 e. The highest BCUT2D eigenvalue weighted by Crippen LogP contribution is 2.11. The second-order valence-corrected chi connectivity index (χ2v) is 2.96. The zero-order valence-electron chi connectivity index (χ0n) is 6.58. The fourth-order valence-electron chi connectivity index (χ4n) is 1.31. The van der Waals surface area contributed by atoms with E-state index in [4.69, 9.17) is 4.74 Å². The molecule has 3 heteroatoms. The molecule has 0 spiro atoms. The lowest BCUT2D eigenvalue weighted by molar-refractivity contribution is -0.0532. The van der Waals surface area contributed by atoms with E-state index in [1.807, 2.05) is 19.0 Å². The molecule has 1 rings (SSSR count). The lowest BCUT2D eigenvalue weighted by atomic mass is 10.1.